The lowest BCUT2D eigenvalue weighted by Crippen LogP contribution is -2.42. The number of hydrogen-bond donors (Lipinski definition) is 0. The number of methoxy groups -OCH3 is 1. The van der Waals surface area contributed by atoms with E-state index in [4.69, 9.17) is 9.47 Å². The molecule has 0 bridgehead atoms. The lowest BCUT2D eigenvalue weighted by molar-refractivity contribution is -0.135. The Labute approximate surface area is 218 Å². The number of likely N-dealkylation sites (N-methyl/N-ethyl adjacent to an activating group) is 1. The number of carbonyl (C=O) groups excluding carboxylic acids is 3. The Balaban J connectivity index is 1.43. The molecular weight excluding hydrogens is 492 g/mol. The minimum absolute atomic E-state index is 0.0397. The Morgan fingerprint density at radius 3 is 2.70 bits per heavy atom. The number of carbonyl (C=O) groups is 3. The zero-order chi connectivity index (χ0) is 25.9. The number of amidine groups is 1. The third kappa shape index (κ3) is 5.16. The third-order valence-corrected chi connectivity index (χ3v) is 7.33. The van der Waals surface area contributed by atoms with Crippen LogP contribution in [0.15, 0.2) is 64.6 Å². The van der Waals surface area contributed by atoms with Crippen LogP contribution in [0.5, 0.6) is 0 Å². The van der Waals surface area contributed by atoms with Crippen molar-refractivity contribution in [3.05, 3.63) is 70.8 Å². The number of amides is 2. The second kappa shape index (κ2) is 10.6. The molecule has 2 aliphatic heterocycles. The predicted octanol–water partition coefficient (Wildman–Crippen LogP) is 3.52. The Bertz CT molecular complexity index is 1440. The minimum Gasteiger partial charge on any atom is -0.465 e. The first kappa shape index (κ1) is 24.8. The fourth-order valence-electron chi connectivity index (χ4n) is 4.30. The van der Waals surface area contributed by atoms with Crippen LogP contribution < -0.4 is 0 Å². The first-order valence-electron chi connectivity index (χ1n) is 11.8. The first-order chi connectivity index (χ1) is 17.9. The highest BCUT2D eigenvalue weighted by Crippen LogP contribution is 2.35. The van der Waals surface area contributed by atoms with E-state index >= 15 is 0 Å². The van der Waals surface area contributed by atoms with Gasteiger partial charge in [0.2, 0.25) is 5.91 Å². The van der Waals surface area contributed by atoms with E-state index in [0.717, 1.165) is 16.5 Å². The van der Waals surface area contributed by atoms with E-state index in [2.05, 4.69) is 4.99 Å². The summed E-state index contributed by atoms with van der Waals surface area (Å²) in [6.07, 6.45) is 3.76. The lowest BCUT2D eigenvalue weighted by atomic mass is 10.1. The normalized spacial score (nSPS) is 18.3. The largest absolute Gasteiger partial charge is 0.465 e. The van der Waals surface area contributed by atoms with Gasteiger partial charge in [0.15, 0.2) is 5.17 Å². The van der Waals surface area contributed by atoms with Crippen LogP contribution in [-0.4, -0.2) is 77.8 Å². The van der Waals surface area contributed by atoms with E-state index in [0.29, 0.717) is 47.6 Å². The molecule has 0 unspecified atom stereocenters. The van der Waals surface area contributed by atoms with Gasteiger partial charge >= 0.3 is 5.97 Å². The third-order valence-electron chi connectivity index (χ3n) is 6.27. The molecule has 3 aromatic rings. The summed E-state index contributed by atoms with van der Waals surface area (Å²) in [6.45, 7) is 2.51. The van der Waals surface area contributed by atoms with E-state index < -0.39 is 5.97 Å². The molecule has 9 nitrogen and oxygen atoms in total. The Morgan fingerprint density at radius 2 is 1.92 bits per heavy atom. The molecule has 10 heteroatoms. The highest BCUT2D eigenvalue weighted by molar-refractivity contribution is 8.18. The summed E-state index contributed by atoms with van der Waals surface area (Å²) in [5, 5.41) is 1.46. The maximum atomic E-state index is 13.1. The second-order valence-electron chi connectivity index (χ2n) is 8.63. The second-order valence-corrected chi connectivity index (χ2v) is 9.64. The molecule has 2 amide bonds. The summed E-state index contributed by atoms with van der Waals surface area (Å²) in [6, 6.07) is 14.6. The van der Waals surface area contributed by atoms with Crippen molar-refractivity contribution in [2.24, 2.45) is 4.99 Å². The molecule has 0 N–H and O–H groups in total. The van der Waals surface area contributed by atoms with E-state index in [1.165, 1.54) is 23.8 Å². The number of aromatic nitrogens is 1. The Kier molecular flexibility index (Phi) is 7.11. The first-order valence-corrected chi connectivity index (χ1v) is 12.6. The molecule has 5 rings (SSSR count). The highest BCUT2D eigenvalue weighted by Gasteiger charge is 2.31. The number of thioether (sulfide) groups is 1. The van der Waals surface area contributed by atoms with Crippen molar-refractivity contribution in [2.75, 3.05) is 40.5 Å². The number of ether oxygens (including phenoxy) is 2. The Hall–Kier alpha value is -3.89. The molecule has 2 aliphatic rings. The van der Waals surface area contributed by atoms with Gasteiger partial charge in [-0.1, -0.05) is 24.3 Å². The molecule has 3 heterocycles. The van der Waals surface area contributed by atoms with Gasteiger partial charge in [-0.2, -0.15) is 0 Å². The number of para-hydroxylation sites is 1. The van der Waals surface area contributed by atoms with Crippen LogP contribution in [0.3, 0.4) is 0 Å². The number of fused-ring (bicyclic) bond motifs is 1. The Morgan fingerprint density at radius 1 is 1.14 bits per heavy atom. The standard InChI is InChI=1S/C27H26N4O5S/c1-29-25(33)23(37-27(29)28-20-7-5-6-18(14-20)26(34)35-2)15-19-16-31(22-9-4-3-8-21(19)22)17-24(32)30-10-12-36-13-11-30/h3-9,14-16H,10-13,17H2,1-2H3. The summed E-state index contributed by atoms with van der Waals surface area (Å²) < 4.78 is 12.1. The van der Waals surface area contributed by atoms with Gasteiger partial charge in [0.05, 0.1) is 36.5 Å². The number of nitrogens with zero attached hydrogens (tertiary/aromatic N) is 4. The van der Waals surface area contributed by atoms with Crippen LogP contribution in [0.1, 0.15) is 15.9 Å². The molecule has 2 fully saturated rings. The van der Waals surface area contributed by atoms with Crippen LogP contribution in [0.4, 0.5) is 5.69 Å². The van der Waals surface area contributed by atoms with Crippen molar-refractivity contribution in [3.8, 4) is 0 Å². The summed E-state index contributed by atoms with van der Waals surface area (Å²) in [7, 11) is 3.00. The van der Waals surface area contributed by atoms with E-state index in [1.807, 2.05) is 46.0 Å². The molecular formula is C27H26N4O5S. The molecule has 0 spiro atoms. The summed E-state index contributed by atoms with van der Waals surface area (Å²) in [5.74, 6) is -0.582. The van der Waals surface area contributed by atoms with Gasteiger partial charge in [-0.25, -0.2) is 9.79 Å². The SMILES string of the molecule is COC(=O)c1cccc(N=C2SC(=Cc3cn(CC(=O)N4CCOCC4)c4ccccc34)C(=O)N2C)c1. The zero-order valence-electron chi connectivity index (χ0n) is 20.5. The number of aliphatic imine (C=N–C) groups is 1. The molecule has 0 atom stereocenters. The maximum Gasteiger partial charge on any atom is 0.337 e. The van der Waals surface area contributed by atoms with E-state index in [1.54, 1.807) is 31.3 Å². The van der Waals surface area contributed by atoms with Crippen molar-refractivity contribution in [1.29, 1.82) is 0 Å². The van der Waals surface area contributed by atoms with Gasteiger partial charge in [0, 0.05) is 42.8 Å². The average molecular weight is 519 g/mol. The molecule has 190 valence electrons. The fourth-order valence-corrected chi connectivity index (χ4v) is 5.28. The molecule has 37 heavy (non-hydrogen) atoms. The van der Waals surface area contributed by atoms with Crippen LogP contribution in [0.2, 0.25) is 0 Å². The number of esters is 1. The molecule has 2 aromatic carbocycles. The predicted molar refractivity (Wildman–Crippen MR) is 143 cm³/mol. The topological polar surface area (TPSA) is 93.4 Å². The lowest BCUT2D eigenvalue weighted by Gasteiger charge is -2.27. The van der Waals surface area contributed by atoms with Crippen molar-refractivity contribution in [1.82, 2.24) is 14.4 Å². The van der Waals surface area contributed by atoms with Crippen LogP contribution in [-0.2, 0) is 25.6 Å². The van der Waals surface area contributed by atoms with Crippen LogP contribution in [0, 0.1) is 0 Å². The monoisotopic (exact) mass is 518 g/mol. The van der Waals surface area contributed by atoms with Gasteiger partial charge < -0.3 is 18.9 Å². The molecule has 2 saturated heterocycles. The summed E-state index contributed by atoms with van der Waals surface area (Å²) in [4.78, 5) is 46.2. The maximum absolute atomic E-state index is 13.1. The van der Waals surface area contributed by atoms with Gasteiger partial charge in [-0.3, -0.25) is 14.5 Å². The molecule has 0 radical (unpaired) electrons. The van der Waals surface area contributed by atoms with Crippen molar-refractivity contribution in [2.45, 2.75) is 6.54 Å². The molecule has 1 aromatic heterocycles. The quantitative estimate of drug-likeness (QED) is 0.379. The summed E-state index contributed by atoms with van der Waals surface area (Å²) in [5.41, 5.74) is 2.71. The smallest absolute Gasteiger partial charge is 0.337 e. The summed E-state index contributed by atoms with van der Waals surface area (Å²) >= 11 is 1.26. The average Bonchev–Trinajstić information content (AvgIpc) is 3.40. The minimum atomic E-state index is -0.449. The zero-order valence-corrected chi connectivity index (χ0v) is 21.4. The molecule has 0 aliphatic carbocycles. The highest BCUT2D eigenvalue weighted by atomic mass is 32.2. The number of hydrogen-bond acceptors (Lipinski definition) is 7. The number of morpholine rings is 1. The van der Waals surface area contributed by atoms with Gasteiger partial charge in [0.25, 0.3) is 5.91 Å². The van der Waals surface area contributed by atoms with Gasteiger partial charge in [0.1, 0.15) is 6.54 Å². The van der Waals surface area contributed by atoms with E-state index in [9.17, 15) is 14.4 Å². The number of benzene rings is 2. The number of rotatable bonds is 5. The van der Waals surface area contributed by atoms with Crippen molar-refractivity contribution >= 4 is 57.4 Å². The fraction of sp³-hybridized carbons (Fsp3) is 0.259. The van der Waals surface area contributed by atoms with Crippen molar-refractivity contribution < 1.29 is 23.9 Å². The van der Waals surface area contributed by atoms with Gasteiger partial charge in [-0.15, -0.1) is 0 Å². The van der Waals surface area contributed by atoms with Crippen LogP contribution in [0.25, 0.3) is 17.0 Å². The molecule has 0 saturated carbocycles. The van der Waals surface area contributed by atoms with Crippen LogP contribution >= 0.6 is 11.8 Å². The van der Waals surface area contributed by atoms with Gasteiger partial charge in [-0.05, 0) is 42.1 Å². The van der Waals surface area contributed by atoms with E-state index in [-0.39, 0.29) is 18.4 Å². The van der Waals surface area contributed by atoms with Crippen molar-refractivity contribution in [3.63, 3.8) is 0 Å².